The van der Waals surface area contributed by atoms with Crippen molar-refractivity contribution in [3.8, 4) is 11.3 Å². The molecule has 0 aromatic carbocycles. The number of nitrogens with two attached hydrogens (primary N) is 1. The van der Waals surface area contributed by atoms with Gasteiger partial charge in [0.05, 0.1) is 11.9 Å². The number of anilines is 1. The molecule has 6 nitrogen and oxygen atoms in total. The Morgan fingerprint density at radius 3 is 2.94 bits per heavy atom. The molecule has 0 radical (unpaired) electrons. The van der Waals surface area contributed by atoms with Crippen LogP contribution in [0.4, 0.5) is 5.82 Å². The highest BCUT2D eigenvalue weighted by molar-refractivity contribution is 5.63. The standard InChI is InChI=1S/C10H10N6/c1-15-6-7(5-13-15)8-4-10-12-3-2-9(11)16(10)14-8/h2-6H,11H2,1H3. The minimum atomic E-state index is 0.570. The number of nitrogens with zero attached hydrogens (tertiary/aromatic N) is 5. The Balaban J connectivity index is 2.22. The van der Waals surface area contributed by atoms with Gasteiger partial charge in [0.2, 0.25) is 0 Å². The summed E-state index contributed by atoms with van der Waals surface area (Å²) in [6.07, 6.45) is 5.33. The molecule has 80 valence electrons. The summed E-state index contributed by atoms with van der Waals surface area (Å²) >= 11 is 0. The maximum atomic E-state index is 5.79. The summed E-state index contributed by atoms with van der Waals surface area (Å²) in [6, 6.07) is 3.60. The Hall–Kier alpha value is -2.37. The van der Waals surface area contributed by atoms with Crippen molar-refractivity contribution >= 4 is 11.5 Å². The van der Waals surface area contributed by atoms with Crippen molar-refractivity contribution in [3.05, 3.63) is 30.7 Å². The number of rotatable bonds is 1. The Morgan fingerprint density at radius 2 is 2.25 bits per heavy atom. The Labute approximate surface area is 91.3 Å². The van der Waals surface area contributed by atoms with E-state index < -0.39 is 0 Å². The van der Waals surface area contributed by atoms with E-state index in [1.165, 1.54) is 0 Å². The molecule has 0 spiro atoms. The molecular weight excluding hydrogens is 204 g/mol. The first-order valence-electron chi connectivity index (χ1n) is 4.83. The third-order valence-corrected chi connectivity index (χ3v) is 2.39. The number of hydrogen-bond donors (Lipinski definition) is 1. The van der Waals surface area contributed by atoms with Crippen LogP contribution in [0.5, 0.6) is 0 Å². The maximum absolute atomic E-state index is 5.79. The molecule has 0 aliphatic rings. The van der Waals surface area contributed by atoms with Crippen molar-refractivity contribution in [1.82, 2.24) is 24.4 Å². The smallest absolute Gasteiger partial charge is 0.157 e. The average molecular weight is 214 g/mol. The van der Waals surface area contributed by atoms with Crippen molar-refractivity contribution in [2.45, 2.75) is 0 Å². The van der Waals surface area contributed by atoms with E-state index in [9.17, 15) is 0 Å². The molecule has 0 aliphatic carbocycles. The van der Waals surface area contributed by atoms with Crippen LogP contribution in [0.3, 0.4) is 0 Å². The third kappa shape index (κ3) is 1.23. The van der Waals surface area contributed by atoms with E-state index in [4.69, 9.17) is 5.73 Å². The van der Waals surface area contributed by atoms with Gasteiger partial charge in [-0.05, 0) is 6.07 Å². The molecule has 0 saturated heterocycles. The number of aromatic nitrogens is 5. The van der Waals surface area contributed by atoms with Gasteiger partial charge >= 0.3 is 0 Å². The van der Waals surface area contributed by atoms with Crippen molar-refractivity contribution in [1.29, 1.82) is 0 Å². The van der Waals surface area contributed by atoms with E-state index >= 15 is 0 Å². The zero-order valence-electron chi connectivity index (χ0n) is 8.70. The summed E-state index contributed by atoms with van der Waals surface area (Å²) < 4.78 is 3.35. The normalized spacial score (nSPS) is 11.1. The van der Waals surface area contributed by atoms with E-state index in [0.717, 1.165) is 16.9 Å². The minimum Gasteiger partial charge on any atom is -0.384 e. The van der Waals surface area contributed by atoms with Gasteiger partial charge in [-0.25, -0.2) is 4.98 Å². The van der Waals surface area contributed by atoms with Crippen LogP contribution in [-0.2, 0) is 7.05 Å². The van der Waals surface area contributed by atoms with E-state index in [1.54, 1.807) is 27.7 Å². The zero-order chi connectivity index (χ0) is 11.1. The molecule has 3 rings (SSSR count). The first-order valence-corrected chi connectivity index (χ1v) is 4.83. The second-order valence-electron chi connectivity index (χ2n) is 3.57. The van der Waals surface area contributed by atoms with Crippen molar-refractivity contribution in [3.63, 3.8) is 0 Å². The van der Waals surface area contributed by atoms with Crippen molar-refractivity contribution in [2.75, 3.05) is 5.73 Å². The van der Waals surface area contributed by atoms with Crippen molar-refractivity contribution in [2.24, 2.45) is 7.05 Å². The summed E-state index contributed by atoms with van der Waals surface area (Å²) in [7, 11) is 1.87. The van der Waals surface area contributed by atoms with E-state index in [-0.39, 0.29) is 0 Å². The molecule has 16 heavy (non-hydrogen) atoms. The fourth-order valence-corrected chi connectivity index (χ4v) is 1.61. The van der Waals surface area contributed by atoms with Crippen LogP contribution in [0.2, 0.25) is 0 Å². The molecule has 0 fully saturated rings. The molecule has 3 aromatic rings. The van der Waals surface area contributed by atoms with Crippen LogP contribution in [0, 0.1) is 0 Å². The van der Waals surface area contributed by atoms with Gasteiger partial charge in [0.1, 0.15) is 5.82 Å². The lowest BCUT2D eigenvalue weighted by Crippen LogP contribution is -1.98. The fourth-order valence-electron chi connectivity index (χ4n) is 1.61. The molecule has 0 saturated carbocycles. The highest BCUT2D eigenvalue weighted by Gasteiger charge is 2.07. The molecule has 0 amide bonds. The van der Waals surface area contributed by atoms with E-state index in [2.05, 4.69) is 15.2 Å². The van der Waals surface area contributed by atoms with Gasteiger partial charge in [-0.15, -0.1) is 0 Å². The van der Waals surface area contributed by atoms with E-state index in [0.29, 0.717) is 5.82 Å². The molecule has 6 heteroatoms. The summed E-state index contributed by atoms with van der Waals surface area (Å²) in [5, 5.41) is 8.47. The number of hydrogen-bond acceptors (Lipinski definition) is 4. The summed E-state index contributed by atoms with van der Waals surface area (Å²) in [6.45, 7) is 0. The molecule has 0 aliphatic heterocycles. The van der Waals surface area contributed by atoms with Crippen LogP contribution >= 0.6 is 0 Å². The van der Waals surface area contributed by atoms with Gasteiger partial charge in [-0.3, -0.25) is 4.68 Å². The molecule has 3 aromatic heterocycles. The monoisotopic (exact) mass is 214 g/mol. The number of nitrogen functional groups attached to an aromatic ring is 1. The van der Waals surface area contributed by atoms with Gasteiger partial charge in [-0.1, -0.05) is 0 Å². The highest BCUT2D eigenvalue weighted by atomic mass is 15.3. The molecule has 0 unspecified atom stereocenters. The lowest BCUT2D eigenvalue weighted by Gasteiger charge is -1.94. The van der Waals surface area contributed by atoms with Gasteiger partial charge in [-0.2, -0.15) is 14.7 Å². The second-order valence-corrected chi connectivity index (χ2v) is 3.57. The largest absolute Gasteiger partial charge is 0.384 e. The summed E-state index contributed by atoms with van der Waals surface area (Å²) in [5.41, 5.74) is 8.30. The topological polar surface area (TPSA) is 74.0 Å². The van der Waals surface area contributed by atoms with Gasteiger partial charge in [0, 0.05) is 31.1 Å². The first kappa shape index (κ1) is 8.90. The van der Waals surface area contributed by atoms with Gasteiger partial charge < -0.3 is 5.73 Å². The fraction of sp³-hybridized carbons (Fsp3) is 0.100. The predicted octanol–water partition coefficient (Wildman–Crippen LogP) is 0.712. The zero-order valence-corrected chi connectivity index (χ0v) is 8.70. The summed E-state index contributed by atoms with van der Waals surface area (Å²) in [4.78, 5) is 4.19. The quantitative estimate of drug-likeness (QED) is 0.647. The van der Waals surface area contributed by atoms with Crippen molar-refractivity contribution < 1.29 is 0 Å². The number of fused-ring (bicyclic) bond motifs is 1. The van der Waals surface area contributed by atoms with Crippen LogP contribution in [-0.4, -0.2) is 24.4 Å². The maximum Gasteiger partial charge on any atom is 0.157 e. The molecule has 3 heterocycles. The minimum absolute atomic E-state index is 0.570. The van der Waals surface area contributed by atoms with Crippen LogP contribution in [0.25, 0.3) is 16.9 Å². The Bertz CT molecular complexity index is 650. The van der Waals surface area contributed by atoms with Gasteiger partial charge in [0.15, 0.2) is 5.65 Å². The van der Waals surface area contributed by atoms with E-state index in [1.807, 2.05) is 19.3 Å². The van der Waals surface area contributed by atoms with Crippen LogP contribution in [0.1, 0.15) is 0 Å². The average Bonchev–Trinajstić information content (AvgIpc) is 2.84. The highest BCUT2D eigenvalue weighted by Crippen LogP contribution is 2.18. The predicted molar refractivity (Wildman–Crippen MR) is 59.6 cm³/mol. The molecular formula is C10H10N6. The lowest BCUT2D eigenvalue weighted by atomic mass is 10.3. The molecule has 2 N–H and O–H groups in total. The first-order chi connectivity index (χ1) is 7.74. The number of aryl methyl sites for hydroxylation is 1. The van der Waals surface area contributed by atoms with Crippen LogP contribution in [0.15, 0.2) is 30.7 Å². The summed E-state index contributed by atoms with van der Waals surface area (Å²) in [5.74, 6) is 0.570. The van der Waals surface area contributed by atoms with Crippen LogP contribution < -0.4 is 5.73 Å². The SMILES string of the molecule is Cn1cc(-c2cc3nccc(N)n3n2)cn1. The lowest BCUT2D eigenvalue weighted by molar-refractivity contribution is 0.768. The third-order valence-electron chi connectivity index (χ3n) is 2.39. The Morgan fingerprint density at radius 1 is 1.38 bits per heavy atom. The molecule has 0 atom stereocenters. The molecule has 0 bridgehead atoms. The Kier molecular flexibility index (Phi) is 1.70. The second kappa shape index (κ2) is 3.06. The van der Waals surface area contributed by atoms with Gasteiger partial charge in [0.25, 0.3) is 0 Å².